The molecule has 0 aliphatic heterocycles. The second-order valence-corrected chi connectivity index (χ2v) is 10.5. The van der Waals surface area contributed by atoms with E-state index in [-0.39, 0.29) is 23.4 Å². The van der Waals surface area contributed by atoms with Crippen molar-refractivity contribution in [3.05, 3.63) is 53.1 Å². The van der Waals surface area contributed by atoms with Gasteiger partial charge < -0.3 is 9.47 Å². The zero-order valence-corrected chi connectivity index (χ0v) is 19.4. The van der Waals surface area contributed by atoms with E-state index >= 15 is 0 Å². The molecule has 3 nitrogen and oxygen atoms in total. The number of hydrogen-bond donors (Lipinski definition) is 0. The lowest BCUT2D eigenvalue weighted by molar-refractivity contribution is 0.0506. The molecule has 4 heteroatoms. The SMILES string of the molecule is COCOc1c(Pc2ccccc2C(C)=O)cc(C(C)(C)C)cc1C(C)(C)C. The Balaban J connectivity index is 2.71. The van der Waals surface area contributed by atoms with E-state index in [4.69, 9.17) is 9.47 Å². The Labute approximate surface area is 171 Å². The van der Waals surface area contributed by atoms with Gasteiger partial charge in [0.05, 0.1) is 0 Å². The van der Waals surface area contributed by atoms with Crippen LogP contribution in [0.5, 0.6) is 5.75 Å². The molecule has 0 radical (unpaired) electrons. The molecule has 0 aliphatic carbocycles. The van der Waals surface area contributed by atoms with Crippen molar-refractivity contribution in [2.75, 3.05) is 13.9 Å². The molecule has 1 unspecified atom stereocenters. The summed E-state index contributed by atoms with van der Waals surface area (Å²) >= 11 is 0. The maximum atomic E-state index is 12.1. The second-order valence-electron chi connectivity index (χ2n) is 9.18. The lowest BCUT2D eigenvalue weighted by Gasteiger charge is -2.29. The molecular formula is C24H33O3P. The molecule has 152 valence electrons. The highest BCUT2D eigenvalue weighted by atomic mass is 31.1. The smallest absolute Gasteiger partial charge is 0.188 e. The summed E-state index contributed by atoms with van der Waals surface area (Å²) in [6, 6.07) is 12.3. The first-order valence-corrected chi connectivity index (χ1v) is 10.6. The molecule has 1 atom stereocenters. The monoisotopic (exact) mass is 400 g/mol. The van der Waals surface area contributed by atoms with Crippen molar-refractivity contribution in [2.45, 2.75) is 59.3 Å². The van der Waals surface area contributed by atoms with Crippen LogP contribution in [-0.4, -0.2) is 19.7 Å². The quantitative estimate of drug-likeness (QED) is 0.385. The molecule has 2 rings (SSSR count). The van der Waals surface area contributed by atoms with E-state index in [1.165, 1.54) is 11.1 Å². The van der Waals surface area contributed by atoms with Crippen LogP contribution in [0.25, 0.3) is 0 Å². The number of rotatable bonds is 6. The van der Waals surface area contributed by atoms with Crippen LogP contribution in [0.1, 0.15) is 70.0 Å². The highest BCUT2D eigenvalue weighted by Crippen LogP contribution is 2.37. The standard InChI is InChI=1S/C24H33O3P/c1-16(25)18-11-9-10-12-20(18)28-21-14-17(23(2,3)4)13-19(24(5,6)7)22(21)27-15-26-8/h9-14,28H,15H2,1-8H3. The van der Waals surface area contributed by atoms with Crippen molar-refractivity contribution in [3.8, 4) is 5.75 Å². The van der Waals surface area contributed by atoms with Crippen molar-refractivity contribution in [3.63, 3.8) is 0 Å². The first kappa shape index (κ1) is 22.6. The summed E-state index contributed by atoms with van der Waals surface area (Å²) in [5.41, 5.74) is 3.14. The van der Waals surface area contributed by atoms with Gasteiger partial charge in [-0.2, -0.15) is 0 Å². The van der Waals surface area contributed by atoms with E-state index in [0.29, 0.717) is 8.58 Å². The van der Waals surface area contributed by atoms with E-state index < -0.39 is 0 Å². The third-order valence-electron chi connectivity index (χ3n) is 4.66. The number of benzene rings is 2. The molecule has 0 bridgehead atoms. The molecule has 0 heterocycles. The molecule has 0 N–H and O–H groups in total. The molecule has 2 aromatic rings. The molecule has 0 aliphatic rings. The van der Waals surface area contributed by atoms with Crippen LogP contribution in [0, 0.1) is 0 Å². The summed E-state index contributed by atoms with van der Waals surface area (Å²) in [5, 5.41) is 2.16. The van der Waals surface area contributed by atoms with Crippen LogP contribution in [-0.2, 0) is 15.6 Å². The zero-order valence-electron chi connectivity index (χ0n) is 18.4. The van der Waals surface area contributed by atoms with Crippen molar-refractivity contribution in [1.82, 2.24) is 0 Å². The van der Waals surface area contributed by atoms with Crippen molar-refractivity contribution >= 4 is 25.0 Å². The minimum absolute atomic E-state index is 0.0130. The average Bonchev–Trinajstić information content (AvgIpc) is 2.58. The number of ketones is 1. The van der Waals surface area contributed by atoms with E-state index in [9.17, 15) is 4.79 Å². The number of ether oxygens (including phenoxy) is 2. The van der Waals surface area contributed by atoms with E-state index in [1.54, 1.807) is 14.0 Å². The predicted octanol–water partition coefficient (Wildman–Crippen LogP) is 5.10. The van der Waals surface area contributed by atoms with Crippen LogP contribution in [0.15, 0.2) is 36.4 Å². The summed E-state index contributed by atoms with van der Waals surface area (Å²) < 4.78 is 11.3. The van der Waals surface area contributed by atoms with Gasteiger partial charge in [0.25, 0.3) is 0 Å². The van der Waals surface area contributed by atoms with Gasteiger partial charge in [-0.05, 0) is 34.7 Å². The summed E-state index contributed by atoms with van der Waals surface area (Å²) in [4.78, 5) is 12.1. The number of Topliss-reactive ketones (excluding diaryl/α,β-unsaturated/α-hetero) is 1. The van der Waals surface area contributed by atoms with Crippen molar-refractivity contribution in [1.29, 1.82) is 0 Å². The molecule has 0 aromatic heterocycles. The lowest BCUT2D eigenvalue weighted by Crippen LogP contribution is -2.24. The second kappa shape index (κ2) is 8.76. The molecule has 0 saturated carbocycles. The van der Waals surface area contributed by atoms with Gasteiger partial charge in [0, 0.05) is 23.5 Å². The maximum absolute atomic E-state index is 12.1. The summed E-state index contributed by atoms with van der Waals surface area (Å²) in [6.45, 7) is 15.1. The van der Waals surface area contributed by atoms with Gasteiger partial charge in [0.15, 0.2) is 12.6 Å². The van der Waals surface area contributed by atoms with Crippen molar-refractivity contribution < 1.29 is 14.3 Å². The van der Waals surface area contributed by atoms with Crippen LogP contribution in [0.2, 0.25) is 0 Å². The maximum Gasteiger partial charge on any atom is 0.188 e. The molecule has 0 fully saturated rings. The molecule has 0 amide bonds. The van der Waals surface area contributed by atoms with Gasteiger partial charge in [0.2, 0.25) is 0 Å². The largest absolute Gasteiger partial charge is 0.467 e. The first-order chi connectivity index (χ1) is 12.9. The highest BCUT2D eigenvalue weighted by molar-refractivity contribution is 7.56. The molecular weight excluding hydrogens is 367 g/mol. The Morgan fingerprint density at radius 3 is 2.14 bits per heavy atom. The Morgan fingerprint density at radius 2 is 1.61 bits per heavy atom. The first-order valence-electron chi connectivity index (χ1n) is 9.63. The van der Waals surface area contributed by atoms with E-state index in [2.05, 4.69) is 53.7 Å². The van der Waals surface area contributed by atoms with E-state index in [0.717, 1.165) is 21.9 Å². The molecule has 2 aromatic carbocycles. The average molecular weight is 400 g/mol. The summed E-state index contributed by atoms with van der Waals surface area (Å²) in [5.74, 6) is 0.963. The fraction of sp³-hybridized carbons (Fsp3) is 0.458. The number of methoxy groups -OCH3 is 1. The fourth-order valence-electron chi connectivity index (χ4n) is 3.03. The number of hydrogen-bond acceptors (Lipinski definition) is 3. The highest BCUT2D eigenvalue weighted by Gasteiger charge is 2.26. The van der Waals surface area contributed by atoms with Gasteiger partial charge in [-0.3, -0.25) is 4.79 Å². The Hall–Kier alpha value is -1.70. The fourth-order valence-corrected chi connectivity index (χ4v) is 4.44. The normalized spacial score (nSPS) is 12.6. The third kappa shape index (κ3) is 5.43. The molecule has 28 heavy (non-hydrogen) atoms. The van der Waals surface area contributed by atoms with Gasteiger partial charge in [0.1, 0.15) is 5.75 Å². The van der Waals surface area contributed by atoms with Crippen LogP contribution < -0.4 is 15.3 Å². The Kier molecular flexibility index (Phi) is 7.07. The summed E-state index contributed by atoms with van der Waals surface area (Å²) in [6.07, 6.45) is 0. The third-order valence-corrected chi connectivity index (χ3v) is 6.01. The van der Waals surface area contributed by atoms with Gasteiger partial charge in [-0.25, -0.2) is 0 Å². The van der Waals surface area contributed by atoms with Crippen molar-refractivity contribution in [2.24, 2.45) is 0 Å². The Bertz CT molecular complexity index is 842. The topological polar surface area (TPSA) is 35.5 Å². The van der Waals surface area contributed by atoms with E-state index in [1.807, 2.05) is 24.3 Å². The van der Waals surface area contributed by atoms with Gasteiger partial charge in [-0.1, -0.05) is 80.5 Å². The molecule has 0 spiro atoms. The van der Waals surface area contributed by atoms with Crippen LogP contribution in [0.3, 0.4) is 0 Å². The van der Waals surface area contributed by atoms with Gasteiger partial charge in [-0.15, -0.1) is 0 Å². The number of carbonyl (C=O) groups excluding carboxylic acids is 1. The zero-order chi connectivity index (χ0) is 21.1. The van der Waals surface area contributed by atoms with Gasteiger partial charge >= 0.3 is 0 Å². The summed E-state index contributed by atoms with van der Waals surface area (Å²) in [7, 11) is 1.96. The number of carbonyl (C=O) groups is 1. The predicted molar refractivity (Wildman–Crippen MR) is 120 cm³/mol. The van der Waals surface area contributed by atoms with Crippen LogP contribution in [0.4, 0.5) is 0 Å². The lowest BCUT2D eigenvalue weighted by atomic mass is 9.80. The Morgan fingerprint density at radius 1 is 0.964 bits per heavy atom. The minimum Gasteiger partial charge on any atom is -0.467 e. The minimum atomic E-state index is -0.0797. The van der Waals surface area contributed by atoms with Crippen LogP contribution >= 0.6 is 8.58 Å². The molecule has 0 saturated heterocycles.